The number of fused-ring (bicyclic) bond motifs is 1. The molecular formula is C30H29NO5S. The molecule has 0 saturated heterocycles. The maximum atomic E-state index is 13.2. The molecule has 3 aromatic carbocycles. The third-order valence-corrected chi connectivity index (χ3v) is 7.17. The Hall–Kier alpha value is -3.97. The van der Waals surface area contributed by atoms with Crippen LogP contribution in [0.1, 0.15) is 29.8 Å². The minimum atomic E-state index is -0.510. The van der Waals surface area contributed by atoms with Crippen LogP contribution in [0.25, 0.3) is 17.0 Å². The van der Waals surface area contributed by atoms with Crippen molar-refractivity contribution in [3.8, 4) is 11.5 Å². The number of carbonyl (C=O) groups is 1. The molecule has 4 rings (SSSR count). The summed E-state index contributed by atoms with van der Waals surface area (Å²) in [5, 5.41) is 0.780. The second-order valence-corrected chi connectivity index (χ2v) is 9.25. The summed E-state index contributed by atoms with van der Waals surface area (Å²) in [6.45, 7) is 5.84. The Morgan fingerprint density at radius 2 is 1.68 bits per heavy atom. The van der Waals surface area contributed by atoms with Crippen LogP contribution in [-0.2, 0) is 0 Å². The topological polar surface area (TPSA) is 69.0 Å². The molecule has 0 amide bonds. The molecule has 0 radical (unpaired) electrons. The molecule has 0 aliphatic heterocycles. The molecule has 190 valence electrons. The lowest BCUT2D eigenvalue weighted by molar-refractivity contribution is 0.104. The molecule has 0 unspecified atom stereocenters. The molecule has 37 heavy (non-hydrogen) atoms. The Morgan fingerprint density at radius 3 is 2.35 bits per heavy atom. The van der Waals surface area contributed by atoms with Crippen LogP contribution in [0.4, 0.5) is 5.69 Å². The van der Waals surface area contributed by atoms with Crippen molar-refractivity contribution in [3.05, 3.63) is 94.4 Å². The van der Waals surface area contributed by atoms with Gasteiger partial charge in [0.05, 0.1) is 19.8 Å². The van der Waals surface area contributed by atoms with E-state index in [0.717, 1.165) is 29.1 Å². The Balaban J connectivity index is 1.85. The molecule has 0 aliphatic carbocycles. The second kappa shape index (κ2) is 11.8. The largest absolute Gasteiger partial charge is 0.493 e. The van der Waals surface area contributed by atoms with Gasteiger partial charge in [0.2, 0.25) is 0 Å². The fraction of sp³-hybridized carbons (Fsp3) is 0.200. The fourth-order valence-corrected chi connectivity index (χ4v) is 5.15. The van der Waals surface area contributed by atoms with Crippen molar-refractivity contribution in [1.29, 1.82) is 0 Å². The van der Waals surface area contributed by atoms with Gasteiger partial charge in [-0.1, -0.05) is 42.1 Å². The molecule has 0 N–H and O–H groups in total. The lowest BCUT2D eigenvalue weighted by atomic mass is 10.1. The number of methoxy groups -OCH3 is 2. The van der Waals surface area contributed by atoms with Gasteiger partial charge in [-0.05, 0) is 56.3 Å². The molecular weight excluding hydrogens is 486 g/mol. The van der Waals surface area contributed by atoms with Gasteiger partial charge in [-0.15, -0.1) is 0 Å². The van der Waals surface area contributed by atoms with Crippen molar-refractivity contribution in [2.75, 3.05) is 32.2 Å². The van der Waals surface area contributed by atoms with Crippen LogP contribution in [-0.4, -0.2) is 33.1 Å². The van der Waals surface area contributed by atoms with E-state index < -0.39 is 5.63 Å². The number of nitrogens with zero attached hydrogens (tertiary/aromatic N) is 1. The van der Waals surface area contributed by atoms with Crippen molar-refractivity contribution < 1.29 is 18.7 Å². The number of hydrogen-bond donors (Lipinski definition) is 0. The van der Waals surface area contributed by atoms with E-state index in [1.807, 2.05) is 42.5 Å². The van der Waals surface area contributed by atoms with Gasteiger partial charge in [0.25, 0.3) is 0 Å². The molecule has 4 aromatic rings. The van der Waals surface area contributed by atoms with Crippen molar-refractivity contribution in [3.63, 3.8) is 0 Å². The van der Waals surface area contributed by atoms with E-state index in [2.05, 4.69) is 18.7 Å². The standard InChI is InChI=1S/C30H29NO5S/c1-5-31(6-2)21-12-14-23-27(18-21)36-30(33)24(15-16-25(32)20-10-8-7-9-11-20)29(23)37-22-13-17-26(34-3)28(19-22)35-4/h7-19H,5-6H2,1-4H3/b16-15+. The SMILES string of the molecule is CCN(CC)c1ccc2c(Sc3ccc(OC)c(OC)c3)c(/C=C/C(=O)c3ccccc3)c(=O)oc2c1. The van der Waals surface area contributed by atoms with E-state index in [-0.39, 0.29) is 5.78 Å². The highest BCUT2D eigenvalue weighted by atomic mass is 32.2. The summed E-state index contributed by atoms with van der Waals surface area (Å²) in [7, 11) is 3.16. The number of allylic oxidation sites excluding steroid dienone is 1. The highest BCUT2D eigenvalue weighted by Crippen LogP contribution is 2.40. The van der Waals surface area contributed by atoms with Gasteiger partial charge in [0, 0.05) is 45.6 Å². The molecule has 6 nitrogen and oxygen atoms in total. The first-order valence-electron chi connectivity index (χ1n) is 12.0. The average Bonchev–Trinajstić information content (AvgIpc) is 2.93. The van der Waals surface area contributed by atoms with Gasteiger partial charge in [-0.3, -0.25) is 4.79 Å². The first kappa shape index (κ1) is 26.1. The van der Waals surface area contributed by atoms with Crippen LogP contribution in [0, 0.1) is 0 Å². The van der Waals surface area contributed by atoms with Gasteiger partial charge in [-0.2, -0.15) is 0 Å². The summed E-state index contributed by atoms with van der Waals surface area (Å²) in [5.41, 5.74) is 1.81. The van der Waals surface area contributed by atoms with Crippen LogP contribution in [0.2, 0.25) is 0 Å². The minimum Gasteiger partial charge on any atom is -0.493 e. The van der Waals surface area contributed by atoms with Gasteiger partial charge >= 0.3 is 5.63 Å². The molecule has 0 spiro atoms. The third kappa shape index (κ3) is 5.73. The molecule has 1 heterocycles. The number of hydrogen-bond acceptors (Lipinski definition) is 7. The predicted molar refractivity (Wildman–Crippen MR) is 150 cm³/mol. The van der Waals surface area contributed by atoms with Crippen LogP contribution >= 0.6 is 11.8 Å². The van der Waals surface area contributed by atoms with Crippen molar-refractivity contribution >= 4 is 40.3 Å². The van der Waals surface area contributed by atoms with Crippen LogP contribution in [0.15, 0.2) is 91.8 Å². The van der Waals surface area contributed by atoms with E-state index >= 15 is 0 Å². The quantitative estimate of drug-likeness (QED) is 0.132. The van der Waals surface area contributed by atoms with E-state index in [0.29, 0.717) is 33.1 Å². The highest BCUT2D eigenvalue weighted by Gasteiger charge is 2.17. The molecule has 0 atom stereocenters. The van der Waals surface area contributed by atoms with Crippen LogP contribution in [0.3, 0.4) is 0 Å². The summed E-state index contributed by atoms with van der Waals surface area (Å²) in [4.78, 5) is 29.7. The first-order valence-corrected chi connectivity index (χ1v) is 12.8. The van der Waals surface area contributed by atoms with E-state index in [9.17, 15) is 9.59 Å². The zero-order valence-electron chi connectivity index (χ0n) is 21.3. The van der Waals surface area contributed by atoms with Gasteiger partial charge in [0.1, 0.15) is 5.58 Å². The summed E-state index contributed by atoms with van der Waals surface area (Å²) in [5.74, 6) is 1.00. The Morgan fingerprint density at radius 1 is 0.946 bits per heavy atom. The first-order chi connectivity index (χ1) is 18.0. The smallest absolute Gasteiger partial charge is 0.344 e. The molecule has 0 fully saturated rings. The number of carbonyl (C=O) groups excluding carboxylic acids is 1. The number of benzene rings is 3. The second-order valence-electron chi connectivity index (χ2n) is 8.17. The third-order valence-electron chi connectivity index (χ3n) is 6.04. The maximum absolute atomic E-state index is 13.2. The van der Waals surface area contributed by atoms with E-state index in [1.54, 1.807) is 44.6 Å². The summed E-state index contributed by atoms with van der Waals surface area (Å²) < 4.78 is 16.6. The number of anilines is 1. The molecule has 7 heteroatoms. The van der Waals surface area contributed by atoms with Gasteiger partial charge < -0.3 is 18.8 Å². The molecule has 1 aromatic heterocycles. The van der Waals surface area contributed by atoms with Crippen molar-refractivity contribution in [2.24, 2.45) is 0 Å². The van der Waals surface area contributed by atoms with Crippen LogP contribution in [0.5, 0.6) is 11.5 Å². The Kier molecular flexibility index (Phi) is 8.36. The number of ether oxygens (including phenoxy) is 2. The molecule has 0 saturated carbocycles. The average molecular weight is 516 g/mol. The van der Waals surface area contributed by atoms with E-state index in [4.69, 9.17) is 13.9 Å². The zero-order valence-corrected chi connectivity index (χ0v) is 22.1. The normalized spacial score (nSPS) is 11.1. The predicted octanol–water partition coefficient (Wildman–Crippen LogP) is 6.70. The molecule has 0 bridgehead atoms. The summed E-state index contributed by atoms with van der Waals surface area (Å²) in [6.07, 6.45) is 2.96. The van der Waals surface area contributed by atoms with Gasteiger partial charge in [-0.25, -0.2) is 4.79 Å². The lowest BCUT2D eigenvalue weighted by Gasteiger charge is -2.21. The van der Waals surface area contributed by atoms with Crippen molar-refractivity contribution in [2.45, 2.75) is 23.6 Å². The van der Waals surface area contributed by atoms with Crippen LogP contribution < -0.4 is 20.0 Å². The lowest BCUT2D eigenvalue weighted by Crippen LogP contribution is -2.21. The summed E-state index contributed by atoms with van der Waals surface area (Å²) >= 11 is 1.41. The fourth-order valence-electron chi connectivity index (χ4n) is 4.07. The summed E-state index contributed by atoms with van der Waals surface area (Å²) in [6, 6.07) is 20.4. The monoisotopic (exact) mass is 515 g/mol. The number of ketones is 1. The Bertz CT molecular complexity index is 1490. The minimum absolute atomic E-state index is 0.195. The van der Waals surface area contributed by atoms with Crippen molar-refractivity contribution in [1.82, 2.24) is 0 Å². The zero-order chi connectivity index (χ0) is 26.4. The highest BCUT2D eigenvalue weighted by molar-refractivity contribution is 7.99. The van der Waals surface area contributed by atoms with E-state index in [1.165, 1.54) is 17.8 Å². The molecule has 0 aliphatic rings. The van der Waals surface area contributed by atoms with Gasteiger partial charge in [0.15, 0.2) is 17.3 Å². The number of rotatable bonds is 10. The Labute approximate surface area is 220 Å². The maximum Gasteiger partial charge on any atom is 0.344 e.